The summed E-state index contributed by atoms with van der Waals surface area (Å²) >= 11 is 1.46. The van der Waals surface area contributed by atoms with E-state index in [0.717, 1.165) is 19.3 Å². The molecule has 1 aliphatic rings. The molecule has 2 heterocycles. The van der Waals surface area contributed by atoms with Crippen molar-refractivity contribution in [2.45, 2.75) is 37.9 Å². The molecule has 1 fully saturated rings. The van der Waals surface area contributed by atoms with Gasteiger partial charge >= 0.3 is 11.8 Å². The van der Waals surface area contributed by atoms with Crippen LogP contribution in [-0.4, -0.2) is 40.1 Å². The van der Waals surface area contributed by atoms with Gasteiger partial charge in [-0.3, -0.25) is 4.57 Å². The molecule has 9 heteroatoms. The van der Waals surface area contributed by atoms with Crippen LogP contribution >= 0.6 is 11.8 Å². The number of hydrogen-bond donors (Lipinski definition) is 1. The maximum Gasteiger partial charge on any atom is 0.508 e. The summed E-state index contributed by atoms with van der Waals surface area (Å²) < 4.78 is 17.0. The molecule has 2 N–H and O–H groups in total. The number of unbranched alkanes of at least 4 members (excludes halogenated alkanes) is 2. The number of ether oxygens (including phenoxy) is 3. The van der Waals surface area contributed by atoms with Crippen molar-refractivity contribution in [1.29, 1.82) is 0 Å². The molecule has 1 aromatic rings. The van der Waals surface area contributed by atoms with Crippen molar-refractivity contribution in [3.05, 3.63) is 22.7 Å². The number of anilines is 1. The molecule has 128 valence electrons. The molecule has 2 atom stereocenters. The number of nitrogen functional groups attached to an aromatic ring is 1. The highest BCUT2D eigenvalue weighted by Crippen LogP contribution is 2.31. The molecule has 0 bridgehead atoms. The van der Waals surface area contributed by atoms with E-state index in [9.17, 15) is 9.59 Å². The van der Waals surface area contributed by atoms with Crippen molar-refractivity contribution in [2.24, 2.45) is 0 Å². The van der Waals surface area contributed by atoms with E-state index < -0.39 is 18.1 Å². The maximum atomic E-state index is 11.7. The van der Waals surface area contributed by atoms with Gasteiger partial charge in [-0.2, -0.15) is 4.98 Å². The maximum absolute atomic E-state index is 11.7. The first-order valence-electron chi connectivity index (χ1n) is 7.51. The lowest BCUT2D eigenvalue weighted by Crippen LogP contribution is -2.29. The number of aromatic nitrogens is 2. The van der Waals surface area contributed by atoms with E-state index in [-0.39, 0.29) is 17.9 Å². The largest absolute Gasteiger partial charge is 0.508 e. The van der Waals surface area contributed by atoms with Crippen LogP contribution in [0, 0.1) is 0 Å². The van der Waals surface area contributed by atoms with Gasteiger partial charge in [0.1, 0.15) is 24.1 Å². The van der Waals surface area contributed by atoms with Gasteiger partial charge in [-0.05, 0) is 12.5 Å². The van der Waals surface area contributed by atoms with Gasteiger partial charge in [-0.25, -0.2) is 9.59 Å². The van der Waals surface area contributed by atoms with Crippen molar-refractivity contribution in [3.8, 4) is 0 Å². The topological polar surface area (TPSA) is 106 Å². The lowest BCUT2D eigenvalue weighted by atomic mass is 10.3. The number of hydrogen-bond acceptors (Lipinski definition) is 8. The fourth-order valence-corrected chi connectivity index (χ4v) is 3.00. The predicted octanol–water partition coefficient (Wildman–Crippen LogP) is 1.76. The van der Waals surface area contributed by atoms with Gasteiger partial charge in [-0.1, -0.05) is 19.8 Å². The van der Waals surface area contributed by atoms with E-state index in [0.29, 0.717) is 12.4 Å². The first kappa shape index (κ1) is 17.6. The summed E-state index contributed by atoms with van der Waals surface area (Å²) in [4.78, 5) is 26.8. The van der Waals surface area contributed by atoms with Crippen LogP contribution in [0.4, 0.5) is 10.6 Å². The third-order valence-corrected chi connectivity index (χ3v) is 4.30. The van der Waals surface area contributed by atoms with E-state index in [1.165, 1.54) is 22.4 Å². The smallest absolute Gasteiger partial charge is 0.434 e. The number of nitrogens with two attached hydrogens (primary N) is 1. The molecule has 1 aliphatic heterocycles. The van der Waals surface area contributed by atoms with Crippen LogP contribution in [-0.2, 0) is 14.2 Å². The molecule has 0 saturated carbocycles. The number of nitrogens with zero attached hydrogens (tertiary/aromatic N) is 2. The summed E-state index contributed by atoms with van der Waals surface area (Å²) in [7, 11) is 0. The van der Waals surface area contributed by atoms with E-state index in [2.05, 4.69) is 11.9 Å². The highest BCUT2D eigenvalue weighted by atomic mass is 32.2. The Balaban J connectivity index is 1.73. The molecular weight excluding hydrogens is 322 g/mol. The summed E-state index contributed by atoms with van der Waals surface area (Å²) in [5.74, 6) is 0.730. The van der Waals surface area contributed by atoms with Crippen molar-refractivity contribution >= 4 is 23.7 Å². The first-order chi connectivity index (χ1) is 11.1. The fraction of sp³-hybridized carbons (Fsp3) is 0.643. The summed E-state index contributed by atoms with van der Waals surface area (Å²) in [6.45, 7) is 2.51. The predicted molar refractivity (Wildman–Crippen MR) is 86.1 cm³/mol. The minimum atomic E-state index is -0.694. The van der Waals surface area contributed by atoms with Crippen LogP contribution in [0.1, 0.15) is 32.4 Å². The van der Waals surface area contributed by atoms with E-state index in [4.69, 9.17) is 19.9 Å². The Morgan fingerprint density at radius 2 is 2.35 bits per heavy atom. The second kappa shape index (κ2) is 8.78. The van der Waals surface area contributed by atoms with Gasteiger partial charge in [0, 0.05) is 11.9 Å². The van der Waals surface area contributed by atoms with Crippen LogP contribution in [0.5, 0.6) is 0 Å². The zero-order valence-electron chi connectivity index (χ0n) is 13.0. The van der Waals surface area contributed by atoms with Crippen LogP contribution in [0.3, 0.4) is 0 Å². The molecule has 23 heavy (non-hydrogen) atoms. The first-order valence-corrected chi connectivity index (χ1v) is 8.56. The summed E-state index contributed by atoms with van der Waals surface area (Å²) in [5.41, 5.74) is 4.65. The number of thioether (sulfide) groups is 1. The molecule has 1 saturated heterocycles. The quantitative estimate of drug-likeness (QED) is 0.590. The average molecular weight is 343 g/mol. The Morgan fingerprint density at radius 1 is 1.52 bits per heavy atom. The third kappa shape index (κ3) is 5.43. The Labute approximate surface area is 138 Å². The van der Waals surface area contributed by atoms with Gasteiger partial charge < -0.3 is 19.9 Å². The summed E-state index contributed by atoms with van der Waals surface area (Å²) in [6.07, 6.45) is 3.30. The molecule has 0 radical (unpaired) electrons. The normalized spacial score (nSPS) is 20.4. The van der Waals surface area contributed by atoms with Crippen molar-refractivity contribution in [2.75, 3.05) is 24.7 Å². The van der Waals surface area contributed by atoms with Crippen LogP contribution in [0.15, 0.2) is 17.1 Å². The molecule has 8 nitrogen and oxygen atoms in total. The van der Waals surface area contributed by atoms with Crippen molar-refractivity contribution < 1.29 is 19.0 Å². The number of carbonyl (C=O) groups is 1. The van der Waals surface area contributed by atoms with Gasteiger partial charge in [0.05, 0.1) is 6.61 Å². The molecule has 1 aromatic heterocycles. The zero-order chi connectivity index (χ0) is 16.7. The van der Waals surface area contributed by atoms with Gasteiger partial charge in [-0.15, -0.1) is 11.8 Å². The Morgan fingerprint density at radius 3 is 3.09 bits per heavy atom. The highest BCUT2D eigenvalue weighted by molar-refractivity contribution is 8.00. The van der Waals surface area contributed by atoms with Crippen LogP contribution in [0.2, 0.25) is 0 Å². The van der Waals surface area contributed by atoms with E-state index in [1.54, 1.807) is 6.20 Å². The standard InChI is InChI=1S/C14H21N3O5S/c1-2-3-4-7-20-14(19)21-8-12-22-11(9-23-12)17-6-5-10(15)16-13(17)18/h5-6,11-12H,2-4,7-9H2,1H3,(H2,15,16,18)/t11-,12+/m1/s1. The van der Waals surface area contributed by atoms with Gasteiger partial charge in [0.25, 0.3) is 0 Å². The molecule has 0 amide bonds. The van der Waals surface area contributed by atoms with Crippen LogP contribution in [0.25, 0.3) is 0 Å². The van der Waals surface area contributed by atoms with E-state index >= 15 is 0 Å². The average Bonchev–Trinajstić information content (AvgIpc) is 2.98. The van der Waals surface area contributed by atoms with Gasteiger partial charge in [0.15, 0.2) is 0 Å². The molecule has 2 rings (SSSR count). The summed E-state index contributed by atoms with van der Waals surface area (Å²) in [6, 6.07) is 1.53. The monoisotopic (exact) mass is 343 g/mol. The SMILES string of the molecule is CCCCCOC(=O)OC[C@H]1O[C@@H](n2ccc(N)nc2=O)CS1. The molecular formula is C14H21N3O5S. The minimum absolute atomic E-state index is 0.0743. The highest BCUT2D eigenvalue weighted by Gasteiger charge is 2.29. The van der Waals surface area contributed by atoms with Crippen molar-refractivity contribution in [1.82, 2.24) is 9.55 Å². The lowest BCUT2D eigenvalue weighted by molar-refractivity contribution is -0.0239. The van der Waals surface area contributed by atoms with Crippen molar-refractivity contribution in [3.63, 3.8) is 0 Å². The number of rotatable bonds is 7. The molecule has 0 aliphatic carbocycles. The minimum Gasteiger partial charge on any atom is -0.434 e. The Bertz CT molecular complexity index is 580. The Kier molecular flexibility index (Phi) is 6.72. The summed E-state index contributed by atoms with van der Waals surface area (Å²) in [5, 5.41) is 0. The van der Waals surface area contributed by atoms with Crippen LogP contribution < -0.4 is 11.4 Å². The third-order valence-electron chi connectivity index (χ3n) is 3.20. The lowest BCUT2D eigenvalue weighted by Gasteiger charge is -2.14. The van der Waals surface area contributed by atoms with E-state index in [1.807, 2.05) is 0 Å². The molecule has 0 aromatic carbocycles. The fourth-order valence-electron chi connectivity index (χ4n) is 2.01. The number of carbonyl (C=O) groups excluding carboxylic acids is 1. The van der Waals surface area contributed by atoms with Gasteiger partial charge in [0.2, 0.25) is 0 Å². The molecule has 0 spiro atoms. The Hall–Kier alpha value is -1.74. The second-order valence-electron chi connectivity index (χ2n) is 5.01. The second-order valence-corrected chi connectivity index (χ2v) is 6.20. The zero-order valence-corrected chi connectivity index (χ0v) is 13.8. The molecule has 0 unspecified atom stereocenters.